The average Bonchev–Trinajstić information content (AvgIpc) is 3.06. The summed E-state index contributed by atoms with van der Waals surface area (Å²) in [4.78, 5) is 12.3. The fourth-order valence-corrected chi connectivity index (χ4v) is 3.11. The van der Waals surface area contributed by atoms with Gasteiger partial charge in [0.1, 0.15) is 11.5 Å². The van der Waals surface area contributed by atoms with Gasteiger partial charge in [0.15, 0.2) is 11.6 Å². The molecule has 1 aliphatic rings. The molecule has 1 fully saturated rings. The smallest absolute Gasteiger partial charge is 0.251 e. The number of carbonyl (C=O) groups is 1. The molecule has 0 saturated heterocycles. The van der Waals surface area contributed by atoms with Gasteiger partial charge in [-0.25, -0.2) is 8.78 Å². The second kappa shape index (κ2) is 8.96. The molecule has 2 atom stereocenters. The number of halogens is 3. The summed E-state index contributed by atoms with van der Waals surface area (Å²) in [5.41, 5.74) is 6.25. The lowest BCUT2D eigenvalue weighted by atomic mass is 10.0. The lowest BCUT2D eigenvalue weighted by molar-refractivity contribution is 0.0929. The van der Waals surface area contributed by atoms with Crippen molar-refractivity contribution in [3.63, 3.8) is 0 Å². The predicted octanol–water partition coefficient (Wildman–Crippen LogP) is 4.04. The number of ether oxygens (including phenoxy) is 1. The minimum atomic E-state index is -0.973. The van der Waals surface area contributed by atoms with E-state index in [4.69, 9.17) is 10.5 Å². The van der Waals surface area contributed by atoms with Crippen molar-refractivity contribution in [2.24, 2.45) is 11.7 Å². The van der Waals surface area contributed by atoms with Crippen LogP contribution in [0.5, 0.6) is 11.5 Å². The summed E-state index contributed by atoms with van der Waals surface area (Å²) in [5.74, 6) is -1.10. The van der Waals surface area contributed by atoms with Crippen LogP contribution in [0.2, 0.25) is 0 Å². The van der Waals surface area contributed by atoms with Crippen molar-refractivity contribution in [3.8, 4) is 11.5 Å². The van der Waals surface area contributed by atoms with Crippen LogP contribution >= 0.6 is 12.4 Å². The molecule has 1 amide bonds. The molecule has 0 aromatic heterocycles. The number of nitrogens with two attached hydrogens (primary N) is 1. The average molecular weight is 383 g/mol. The van der Waals surface area contributed by atoms with E-state index in [0.717, 1.165) is 31.4 Å². The zero-order valence-electron chi connectivity index (χ0n) is 14.1. The Balaban J connectivity index is 0.00000243. The Morgan fingerprint density at radius 3 is 2.42 bits per heavy atom. The molecule has 3 N–H and O–H groups in total. The third-order valence-electron chi connectivity index (χ3n) is 4.52. The molecule has 140 valence electrons. The Morgan fingerprint density at radius 1 is 1.08 bits per heavy atom. The number of rotatable bonds is 5. The highest BCUT2D eigenvalue weighted by Crippen LogP contribution is 2.26. The van der Waals surface area contributed by atoms with Gasteiger partial charge < -0.3 is 15.8 Å². The first-order chi connectivity index (χ1) is 12.1. The monoisotopic (exact) mass is 382 g/mol. The maximum absolute atomic E-state index is 13.2. The number of nitrogens with one attached hydrogen (secondary N) is 1. The van der Waals surface area contributed by atoms with E-state index in [2.05, 4.69) is 5.32 Å². The molecule has 0 bridgehead atoms. The van der Waals surface area contributed by atoms with Gasteiger partial charge in [-0.15, -0.1) is 12.4 Å². The molecule has 1 saturated carbocycles. The highest BCUT2D eigenvalue weighted by Gasteiger charge is 2.27. The van der Waals surface area contributed by atoms with Crippen molar-refractivity contribution in [2.45, 2.75) is 25.3 Å². The fourth-order valence-electron chi connectivity index (χ4n) is 3.11. The van der Waals surface area contributed by atoms with Gasteiger partial charge in [-0.1, -0.05) is 6.42 Å². The lowest BCUT2D eigenvalue weighted by Crippen LogP contribution is -2.39. The van der Waals surface area contributed by atoms with E-state index in [1.54, 1.807) is 24.3 Å². The Bertz CT molecular complexity index is 756. The topological polar surface area (TPSA) is 64.3 Å². The number of carbonyl (C=O) groups excluding carboxylic acids is 1. The zero-order chi connectivity index (χ0) is 17.8. The molecule has 4 nitrogen and oxygen atoms in total. The second-order valence-corrected chi connectivity index (χ2v) is 6.21. The van der Waals surface area contributed by atoms with E-state index in [1.165, 1.54) is 6.07 Å². The summed E-state index contributed by atoms with van der Waals surface area (Å²) in [6.45, 7) is 0.575. The first-order valence-electron chi connectivity index (χ1n) is 8.30. The Morgan fingerprint density at radius 2 is 1.77 bits per heavy atom. The van der Waals surface area contributed by atoms with Gasteiger partial charge in [-0.05, 0) is 61.7 Å². The molecule has 2 aromatic rings. The molecular weight excluding hydrogens is 362 g/mol. The van der Waals surface area contributed by atoms with Crippen LogP contribution in [0.25, 0.3) is 0 Å². The maximum Gasteiger partial charge on any atom is 0.251 e. The van der Waals surface area contributed by atoms with Crippen LogP contribution in [-0.4, -0.2) is 18.5 Å². The summed E-state index contributed by atoms with van der Waals surface area (Å²) in [5, 5.41) is 3.03. The summed E-state index contributed by atoms with van der Waals surface area (Å²) in [7, 11) is 0. The van der Waals surface area contributed by atoms with Crippen LogP contribution in [-0.2, 0) is 0 Å². The van der Waals surface area contributed by atoms with Gasteiger partial charge in [-0.2, -0.15) is 0 Å². The second-order valence-electron chi connectivity index (χ2n) is 6.21. The van der Waals surface area contributed by atoms with Crippen LogP contribution < -0.4 is 15.8 Å². The van der Waals surface area contributed by atoms with E-state index in [-0.39, 0.29) is 30.1 Å². The van der Waals surface area contributed by atoms with Crippen LogP contribution in [0.15, 0.2) is 42.5 Å². The summed E-state index contributed by atoms with van der Waals surface area (Å²) >= 11 is 0. The third kappa shape index (κ3) is 4.71. The van der Waals surface area contributed by atoms with Crippen molar-refractivity contribution in [3.05, 3.63) is 59.7 Å². The number of benzene rings is 2. The molecule has 3 rings (SSSR count). The molecule has 0 aliphatic heterocycles. The van der Waals surface area contributed by atoms with Gasteiger partial charge in [-0.3, -0.25) is 4.79 Å². The van der Waals surface area contributed by atoms with Gasteiger partial charge in [0.25, 0.3) is 5.91 Å². The summed E-state index contributed by atoms with van der Waals surface area (Å²) in [6, 6.07) is 9.94. The lowest BCUT2D eigenvalue weighted by Gasteiger charge is -2.19. The molecule has 0 radical (unpaired) electrons. The van der Waals surface area contributed by atoms with Crippen molar-refractivity contribution in [2.75, 3.05) is 6.54 Å². The van der Waals surface area contributed by atoms with Crippen LogP contribution in [0.1, 0.15) is 29.6 Å². The highest BCUT2D eigenvalue weighted by atomic mass is 35.5. The van der Waals surface area contributed by atoms with E-state index in [0.29, 0.717) is 23.8 Å². The molecule has 26 heavy (non-hydrogen) atoms. The molecule has 0 heterocycles. The summed E-state index contributed by atoms with van der Waals surface area (Å²) < 4.78 is 31.6. The fraction of sp³-hybridized carbons (Fsp3) is 0.316. The predicted molar refractivity (Wildman–Crippen MR) is 97.8 cm³/mol. The van der Waals surface area contributed by atoms with Gasteiger partial charge in [0.05, 0.1) is 0 Å². The molecule has 1 aliphatic carbocycles. The molecular formula is C19H21ClF2N2O2. The van der Waals surface area contributed by atoms with Gasteiger partial charge >= 0.3 is 0 Å². The Hall–Kier alpha value is -2.18. The number of amides is 1. The Kier molecular flexibility index (Phi) is 6.94. The van der Waals surface area contributed by atoms with Crippen molar-refractivity contribution in [1.82, 2.24) is 5.32 Å². The zero-order valence-corrected chi connectivity index (χ0v) is 14.9. The first kappa shape index (κ1) is 20.1. The largest absolute Gasteiger partial charge is 0.457 e. The van der Waals surface area contributed by atoms with E-state index >= 15 is 0 Å². The van der Waals surface area contributed by atoms with E-state index < -0.39 is 11.6 Å². The molecule has 2 unspecified atom stereocenters. The molecule has 2 aromatic carbocycles. The van der Waals surface area contributed by atoms with Crippen LogP contribution in [0.3, 0.4) is 0 Å². The van der Waals surface area contributed by atoms with E-state index in [9.17, 15) is 13.6 Å². The normalized spacial score (nSPS) is 18.9. The molecule has 7 heteroatoms. The molecule has 0 spiro atoms. The first-order valence-corrected chi connectivity index (χ1v) is 8.30. The maximum atomic E-state index is 13.2. The van der Waals surface area contributed by atoms with Crippen molar-refractivity contribution >= 4 is 18.3 Å². The minimum Gasteiger partial charge on any atom is -0.457 e. The van der Waals surface area contributed by atoms with Crippen LogP contribution in [0.4, 0.5) is 8.78 Å². The highest BCUT2D eigenvalue weighted by molar-refractivity contribution is 5.94. The Labute approximate surface area is 157 Å². The van der Waals surface area contributed by atoms with Crippen LogP contribution in [0, 0.1) is 17.6 Å². The number of hydrogen-bond acceptors (Lipinski definition) is 3. The van der Waals surface area contributed by atoms with E-state index in [1.807, 2.05) is 0 Å². The number of hydrogen-bond donors (Lipinski definition) is 2. The van der Waals surface area contributed by atoms with Gasteiger partial charge in [0, 0.05) is 17.7 Å². The SMILES string of the molecule is Cl.NCC1CCCC1NC(=O)c1ccc(Oc2ccc(F)c(F)c2)cc1. The minimum absolute atomic E-state index is 0. The summed E-state index contributed by atoms with van der Waals surface area (Å²) in [6.07, 6.45) is 3.07. The third-order valence-corrected chi connectivity index (χ3v) is 4.52. The standard InChI is InChI=1S/C19H20F2N2O2.ClH/c20-16-9-8-15(10-17(16)21)25-14-6-4-12(5-7-14)19(24)23-18-3-1-2-13(18)11-22;/h4-10,13,18H,1-3,11,22H2,(H,23,24);1H. The quantitative estimate of drug-likeness (QED) is 0.820. The van der Waals surface area contributed by atoms with Crippen molar-refractivity contribution < 1.29 is 18.3 Å². The van der Waals surface area contributed by atoms with Crippen molar-refractivity contribution in [1.29, 1.82) is 0 Å². The van der Waals surface area contributed by atoms with Gasteiger partial charge in [0.2, 0.25) is 0 Å².